The maximum absolute atomic E-state index is 13.1. The summed E-state index contributed by atoms with van der Waals surface area (Å²) in [5.74, 6) is -0.222. The Morgan fingerprint density at radius 1 is 1.19 bits per heavy atom. The summed E-state index contributed by atoms with van der Waals surface area (Å²) in [6.07, 6.45) is 3.29. The quantitative estimate of drug-likeness (QED) is 0.579. The Bertz CT molecular complexity index is 1010. The molecule has 1 N–H and O–H groups in total. The van der Waals surface area contributed by atoms with Crippen molar-refractivity contribution in [3.63, 3.8) is 0 Å². The van der Waals surface area contributed by atoms with Crippen molar-refractivity contribution in [3.05, 3.63) is 59.8 Å². The second-order valence-corrected chi connectivity index (χ2v) is 6.63. The second kappa shape index (κ2) is 6.33. The molecule has 1 atom stereocenters. The normalized spacial score (nSPS) is 16.4. The van der Waals surface area contributed by atoms with Crippen LogP contribution in [0.4, 0.5) is 5.69 Å². The van der Waals surface area contributed by atoms with Crippen molar-refractivity contribution >= 4 is 28.3 Å². The van der Waals surface area contributed by atoms with E-state index in [0.717, 1.165) is 40.7 Å². The Balaban J connectivity index is 1.73. The van der Waals surface area contributed by atoms with Gasteiger partial charge in [0, 0.05) is 28.8 Å². The first-order valence-electron chi connectivity index (χ1n) is 8.71. The van der Waals surface area contributed by atoms with E-state index in [-0.39, 0.29) is 6.04 Å². The highest BCUT2D eigenvalue weighted by Crippen LogP contribution is 2.34. The monoisotopic (exact) mass is 348 g/mol. The molecule has 0 fully saturated rings. The number of hydrogen-bond acceptors (Lipinski definition) is 3. The molecule has 1 aromatic heterocycles. The maximum atomic E-state index is 13.1. The van der Waals surface area contributed by atoms with Gasteiger partial charge < -0.3 is 14.6 Å². The molecular formula is C21H20N2O3. The number of Topliss-reactive ketones (excluding diaryl/α,β-unsaturated/α-hetero) is 1. The standard InChI is InChI=1S/C21H20N2O3/c1-13-7-8-14-11-15(26-2)9-10-19(14)23(13)21(25)20(24)17-12-22-18-6-4-3-5-16(17)18/h3-6,9-13,22H,7-8H2,1-2H3/t13-/m0/s1. The number of para-hydroxylation sites is 1. The number of nitrogens with one attached hydrogen (secondary N) is 1. The molecule has 5 nitrogen and oxygen atoms in total. The van der Waals surface area contributed by atoms with Gasteiger partial charge in [0.15, 0.2) is 0 Å². The Kier molecular flexibility index (Phi) is 3.99. The molecule has 0 unspecified atom stereocenters. The molecule has 0 aliphatic carbocycles. The number of anilines is 1. The van der Waals surface area contributed by atoms with Crippen LogP contribution in [0.25, 0.3) is 10.9 Å². The Morgan fingerprint density at radius 3 is 2.81 bits per heavy atom. The molecule has 0 spiro atoms. The van der Waals surface area contributed by atoms with Crippen LogP contribution in [0.2, 0.25) is 0 Å². The number of H-pyrrole nitrogens is 1. The molecule has 132 valence electrons. The number of fused-ring (bicyclic) bond motifs is 2. The summed E-state index contributed by atoms with van der Waals surface area (Å²) in [7, 11) is 1.62. The number of ether oxygens (including phenoxy) is 1. The predicted octanol–water partition coefficient (Wildman–Crippen LogP) is 3.73. The van der Waals surface area contributed by atoms with E-state index in [2.05, 4.69) is 4.98 Å². The highest BCUT2D eigenvalue weighted by atomic mass is 16.5. The number of rotatable bonds is 3. The SMILES string of the molecule is COc1ccc2c(c1)CC[C@H](C)N2C(=O)C(=O)c1c[nH]c2ccccc12. The lowest BCUT2D eigenvalue weighted by atomic mass is 9.95. The highest BCUT2D eigenvalue weighted by Gasteiger charge is 2.33. The third-order valence-electron chi connectivity index (χ3n) is 5.07. The van der Waals surface area contributed by atoms with Gasteiger partial charge in [0.05, 0.1) is 12.7 Å². The van der Waals surface area contributed by atoms with Crippen molar-refractivity contribution in [2.24, 2.45) is 0 Å². The Morgan fingerprint density at radius 2 is 2.00 bits per heavy atom. The zero-order chi connectivity index (χ0) is 18.3. The van der Waals surface area contributed by atoms with Crippen molar-refractivity contribution < 1.29 is 14.3 Å². The molecule has 26 heavy (non-hydrogen) atoms. The average Bonchev–Trinajstić information content (AvgIpc) is 3.10. The summed E-state index contributed by atoms with van der Waals surface area (Å²) in [4.78, 5) is 30.8. The second-order valence-electron chi connectivity index (χ2n) is 6.63. The summed E-state index contributed by atoms with van der Waals surface area (Å²) < 4.78 is 5.28. The van der Waals surface area contributed by atoms with Gasteiger partial charge in [-0.15, -0.1) is 0 Å². The van der Waals surface area contributed by atoms with E-state index in [0.29, 0.717) is 5.56 Å². The number of aromatic nitrogens is 1. The summed E-state index contributed by atoms with van der Waals surface area (Å²) in [6, 6.07) is 13.1. The molecule has 3 aromatic rings. The van der Waals surface area contributed by atoms with E-state index < -0.39 is 11.7 Å². The van der Waals surface area contributed by atoms with Gasteiger partial charge in [-0.05, 0) is 49.6 Å². The summed E-state index contributed by atoms with van der Waals surface area (Å²) >= 11 is 0. The van der Waals surface area contributed by atoms with E-state index in [4.69, 9.17) is 4.74 Å². The summed E-state index contributed by atoms with van der Waals surface area (Å²) in [5, 5.41) is 0.769. The van der Waals surface area contributed by atoms with Crippen LogP contribution >= 0.6 is 0 Å². The van der Waals surface area contributed by atoms with Gasteiger partial charge in [0.25, 0.3) is 11.7 Å². The molecule has 1 aliphatic rings. The van der Waals surface area contributed by atoms with Crippen molar-refractivity contribution in [2.75, 3.05) is 12.0 Å². The highest BCUT2D eigenvalue weighted by molar-refractivity contribution is 6.49. The van der Waals surface area contributed by atoms with Crippen molar-refractivity contribution in [1.82, 2.24) is 4.98 Å². The molecule has 0 saturated heterocycles. The van der Waals surface area contributed by atoms with Gasteiger partial charge >= 0.3 is 0 Å². The lowest BCUT2D eigenvalue weighted by molar-refractivity contribution is -0.115. The van der Waals surface area contributed by atoms with Gasteiger partial charge in [-0.2, -0.15) is 0 Å². The zero-order valence-corrected chi connectivity index (χ0v) is 14.8. The minimum atomic E-state index is -0.492. The number of carbonyl (C=O) groups excluding carboxylic acids is 2. The van der Waals surface area contributed by atoms with Crippen LogP contribution in [-0.4, -0.2) is 29.8 Å². The molecule has 1 amide bonds. The van der Waals surface area contributed by atoms with E-state index in [1.54, 1.807) is 18.2 Å². The summed E-state index contributed by atoms with van der Waals surface area (Å²) in [5.41, 5.74) is 3.09. The molecule has 1 aliphatic heterocycles. The van der Waals surface area contributed by atoms with Crippen LogP contribution < -0.4 is 9.64 Å². The molecule has 2 heterocycles. The van der Waals surface area contributed by atoms with Crippen LogP contribution in [0.15, 0.2) is 48.7 Å². The molecule has 0 bridgehead atoms. The van der Waals surface area contributed by atoms with Crippen LogP contribution in [-0.2, 0) is 11.2 Å². The topological polar surface area (TPSA) is 62.4 Å². The minimum absolute atomic E-state index is 0.0300. The minimum Gasteiger partial charge on any atom is -0.497 e. The number of amides is 1. The lowest BCUT2D eigenvalue weighted by Gasteiger charge is -2.35. The van der Waals surface area contributed by atoms with Gasteiger partial charge in [-0.25, -0.2) is 0 Å². The van der Waals surface area contributed by atoms with Crippen molar-refractivity contribution in [3.8, 4) is 5.75 Å². The van der Waals surface area contributed by atoms with Crippen LogP contribution in [0, 0.1) is 0 Å². The van der Waals surface area contributed by atoms with Crippen molar-refractivity contribution in [2.45, 2.75) is 25.8 Å². The fraction of sp³-hybridized carbons (Fsp3) is 0.238. The molecule has 4 rings (SSSR count). The number of carbonyl (C=O) groups is 2. The average molecular weight is 348 g/mol. The maximum Gasteiger partial charge on any atom is 0.299 e. The molecule has 5 heteroatoms. The third-order valence-corrected chi connectivity index (χ3v) is 5.07. The first-order chi connectivity index (χ1) is 12.6. The predicted molar refractivity (Wildman–Crippen MR) is 101 cm³/mol. The third kappa shape index (κ3) is 2.56. The van der Waals surface area contributed by atoms with E-state index in [9.17, 15) is 9.59 Å². The molecular weight excluding hydrogens is 328 g/mol. The molecule has 2 aromatic carbocycles. The van der Waals surface area contributed by atoms with Gasteiger partial charge in [0.1, 0.15) is 5.75 Å². The van der Waals surface area contributed by atoms with E-state index in [1.165, 1.54) is 0 Å². The van der Waals surface area contributed by atoms with E-state index >= 15 is 0 Å². The van der Waals surface area contributed by atoms with Crippen LogP contribution in [0.3, 0.4) is 0 Å². The smallest absolute Gasteiger partial charge is 0.299 e. The lowest BCUT2D eigenvalue weighted by Crippen LogP contribution is -2.45. The van der Waals surface area contributed by atoms with Gasteiger partial charge in [0.2, 0.25) is 0 Å². The number of aromatic amines is 1. The first-order valence-corrected chi connectivity index (χ1v) is 8.71. The molecule has 0 radical (unpaired) electrons. The number of methoxy groups -OCH3 is 1. The largest absolute Gasteiger partial charge is 0.497 e. The number of benzene rings is 2. The van der Waals surface area contributed by atoms with E-state index in [1.807, 2.05) is 49.4 Å². The number of ketones is 1. The van der Waals surface area contributed by atoms with Gasteiger partial charge in [-0.1, -0.05) is 18.2 Å². The fourth-order valence-corrected chi connectivity index (χ4v) is 3.65. The zero-order valence-electron chi connectivity index (χ0n) is 14.8. The van der Waals surface area contributed by atoms with Crippen molar-refractivity contribution in [1.29, 1.82) is 0 Å². The Hall–Kier alpha value is -3.08. The van der Waals surface area contributed by atoms with Crippen LogP contribution in [0.5, 0.6) is 5.75 Å². The number of nitrogens with zero attached hydrogens (tertiary/aromatic N) is 1. The number of hydrogen-bond donors (Lipinski definition) is 1. The Labute approximate surface area is 151 Å². The molecule has 0 saturated carbocycles. The summed E-state index contributed by atoms with van der Waals surface area (Å²) in [6.45, 7) is 1.98. The van der Waals surface area contributed by atoms with Crippen LogP contribution in [0.1, 0.15) is 29.3 Å². The number of aryl methyl sites for hydroxylation is 1. The fourth-order valence-electron chi connectivity index (χ4n) is 3.65. The first kappa shape index (κ1) is 16.4. The van der Waals surface area contributed by atoms with Gasteiger partial charge in [-0.3, -0.25) is 9.59 Å².